The van der Waals surface area contributed by atoms with E-state index in [1.807, 2.05) is 6.92 Å². The van der Waals surface area contributed by atoms with Crippen LogP contribution in [-0.4, -0.2) is 25.9 Å². The minimum absolute atomic E-state index is 0.342. The van der Waals surface area contributed by atoms with Gasteiger partial charge in [0.2, 0.25) is 0 Å². The van der Waals surface area contributed by atoms with Gasteiger partial charge >= 0.3 is 0 Å². The van der Waals surface area contributed by atoms with E-state index in [9.17, 15) is 0 Å². The van der Waals surface area contributed by atoms with E-state index >= 15 is 0 Å². The maximum absolute atomic E-state index is 5.87. The van der Waals surface area contributed by atoms with Crippen LogP contribution in [0.3, 0.4) is 0 Å². The molecule has 0 amide bonds. The first-order chi connectivity index (χ1) is 6.77. The molecule has 1 aliphatic carbocycles. The molecule has 1 saturated carbocycles. The van der Waals surface area contributed by atoms with Gasteiger partial charge < -0.3 is 10.1 Å². The molecule has 14 heavy (non-hydrogen) atoms. The minimum atomic E-state index is 0.342. The Hall–Kier alpha value is -0.830. The molecule has 3 nitrogen and oxygen atoms in total. The van der Waals surface area contributed by atoms with Gasteiger partial charge in [-0.1, -0.05) is 0 Å². The second-order valence-corrected chi connectivity index (χ2v) is 4.35. The standard InChI is InChI=1S/C11H18N2O/c1-9(7-12-2)14-10-8-13-6-5-11(10)3-4-11/h7,10,13H,2-6,8H2,1H3. The van der Waals surface area contributed by atoms with Crippen LogP contribution in [0.4, 0.5) is 0 Å². The molecule has 1 spiro atoms. The molecule has 1 heterocycles. The van der Waals surface area contributed by atoms with Crippen molar-refractivity contribution in [3.05, 3.63) is 12.0 Å². The first-order valence-corrected chi connectivity index (χ1v) is 5.27. The number of aliphatic imine (C=N–C) groups is 1. The third kappa shape index (κ3) is 1.82. The fourth-order valence-corrected chi connectivity index (χ4v) is 2.23. The molecule has 2 aliphatic rings. The highest BCUT2D eigenvalue weighted by atomic mass is 16.5. The summed E-state index contributed by atoms with van der Waals surface area (Å²) >= 11 is 0. The van der Waals surface area contributed by atoms with Gasteiger partial charge in [0.25, 0.3) is 0 Å². The Kier molecular flexibility index (Phi) is 2.59. The van der Waals surface area contributed by atoms with E-state index in [2.05, 4.69) is 17.0 Å². The average molecular weight is 194 g/mol. The van der Waals surface area contributed by atoms with E-state index in [0.717, 1.165) is 18.8 Å². The van der Waals surface area contributed by atoms with E-state index in [4.69, 9.17) is 4.74 Å². The third-order valence-corrected chi connectivity index (χ3v) is 3.31. The maximum atomic E-state index is 5.87. The van der Waals surface area contributed by atoms with Crippen LogP contribution in [0.25, 0.3) is 0 Å². The fraction of sp³-hybridized carbons (Fsp3) is 0.727. The van der Waals surface area contributed by atoms with Crippen molar-refractivity contribution in [3.8, 4) is 0 Å². The van der Waals surface area contributed by atoms with E-state index in [-0.39, 0.29) is 0 Å². The fourth-order valence-electron chi connectivity index (χ4n) is 2.23. The van der Waals surface area contributed by atoms with Crippen LogP contribution < -0.4 is 5.32 Å². The normalized spacial score (nSPS) is 30.1. The molecule has 1 atom stereocenters. The van der Waals surface area contributed by atoms with Crippen molar-refractivity contribution in [2.45, 2.75) is 32.3 Å². The molecule has 1 unspecified atom stereocenters. The molecule has 1 aliphatic heterocycles. The van der Waals surface area contributed by atoms with E-state index < -0.39 is 0 Å². The Labute approximate surface area is 85.2 Å². The van der Waals surface area contributed by atoms with Gasteiger partial charge in [-0.2, -0.15) is 0 Å². The van der Waals surface area contributed by atoms with Gasteiger partial charge in [-0.3, -0.25) is 4.99 Å². The molecule has 2 fully saturated rings. The minimum Gasteiger partial charge on any atom is -0.492 e. The van der Waals surface area contributed by atoms with Crippen LogP contribution in [0, 0.1) is 5.41 Å². The summed E-state index contributed by atoms with van der Waals surface area (Å²) in [7, 11) is 0. The van der Waals surface area contributed by atoms with Gasteiger partial charge in [-0.05, 0) is 39.4 Å². The van der Waals surface area contributed by atoms with Crippen molar-refractivity contribution in [2.24, 2.45) is 10.4 Å². The van der Waals surface area contributed by atoms with E-state index in [1.54, 1.807) is 6.20 Å². The highest BCUT2D eigenvalue weighted by molar-refractivity contribution is 5.25. The lowest BCUT2D eigenvalue weighted by molar-refractivity contribution is 0.0317. The predicted octanol–water partition coefficient (Wildman–Crippen LogP) is 1.71. The number of piperidine rings is 1. The molecule has 78 valence electrons. The Morgan fingerprint density at radius 3 is 3.00 bits per heavy atom. The second kappa shape index (κ2) is 3.73. The van der Waals surface area contributed by atoms with Crippen LogP contribution in [-0.2, 0) is 4.74 Å². The summed E-state index contributed by atoms with van der Waals surface area (Å²) in [4.78, 5) is 3.71. The lowest BCUT2D eigenvalue weighted by Gasteiger charge is -2.32. The van der Waals surface area contributed by atoms with Crippen LogP contribution >= 0.6 is 0 Å². The lowest BCUT2D eigenvalue weighted by atomic mass is 9.91. The highest BCUT2D eigenvalue weighted by Gasteiger charge is 2.51. The smallest absolute Gasteiger partial charge is 0.116 e. The second-order valence-electron chi connectivity index (χ2n) is 4.35. The topological polar surface area (TPSA) is 33.6 Å². The van der Waals surface area contributed by atoms with Crippen molar-refractivity contribution in [2.75, 3.05) is 13.1 Å². The first kappa shape index (κ1) is 9.71. The maximum Gasteiger partial charge on any atom is 0.116 e. The van der Waals surface area contributed by atoms with Crippen molar-refractivity contribution in [3.63, 3.8) is 0 Å². The number of hydrogen-bond donors (Lipinski definition) is 1. The number of allylic oxidation sites excluding steroid dienone is 1. The van der Waals surface area contributed by atoms with Crippen molar-refractivity contribution in [1.82, 2.24) is 5.32 Å². The predicted molar refractivity (Wildman–Crippen MR) is 57.3 cm³/mol. The van der Waals surface area contributed by atoms with Gasteiger partial charge in [0.05, 0.1) is 6.20 Å². The summed E-state index contributed by atoms with van der Waals surface area (Å²) in [6, 6.07) is 0. The van der Waals surface area contributed by atoms with Gasteiger partial charge in [0.1, 0.15) is 11.9 Å². The van der Waals surface area contributed by atoms with Crippen molar-refractivity contribution >= 4 is 6.72 Å². The number of rotatable bonds is 3. The summed E-state index contributed by atoms with van der Waals surface area (Å²) < 4.78 is 5.87. The largest absolute Gasteiger partial charge is 0.492 e. The third-order valence-electron chi connectivity index (χ3n) is 3.31. The first-order valence-electron chi connectivity index (χ1n) is 5.27. The van der Waals surface area contributed by atoms with Gasteiger partial charge in [-0.15, -0.1) is 0 Å². The summed E-state index contributed by atoms with van der Waals surface area (Å²) in [5.41, 5.74) is 0.488. The molecule has 0 radical (unpaired) electrons. The zero-order valence-electron chi connectivity index (χ0n) is 8.75. The Bertz CT molecular complexity index is 256. The van der Waals surface area contributed by atoms with E-state index in [0.29, 0.717) is 11.5 Å². The van der Waals surface area contributed by atoms with Crippen LogP contribution in [0.15, 0.2) is 17.0 Å². The average Bonchev–Trinajstić information content (AvgIpc) is 2.91. The molecule has 1 N–H and O–H groups in total. The van der Waals surface area contributed by atoms with Crippen molar-refractivity contribution in [1.29, 1.82) is 0 Å². The molecular formula is C11H18N2O. The van der Waals surface area contributed by atoms with Crippen LogP contribution in [0.2, 0.25) is 0 Å². The monoisotopic (exact) mass is 194 g/mol. The Morgan fingerprint density at radius 1 is 1.57 bits per heavy atom. The lowest BCUT2D eigenvalue weighted by Crippen LogP contribution is -2.43. The summed E-state index contributed by atoms with van der Waals surface area (Å²) in [6.45, 7) is 7.48. The number of ether oxygens (including phenoxy) is 1. The van der Waals surface area contributed by atoms with E-state index in [1.165, 1.54) is 19.3 Å². The number of hydrogen-bond acceptors (Lipinski definition) is 3. The Morgan fingerprint density at radius 2 is 2.36 bits per heavy atom. The molecule has 3 heteroatoms. The molecular weight excluding hydrogens is 176 g/mol. The van der Waals surface area contributed by atoms with Gasteiger partial charge in [0, 0.05) is 12.0 Å². The number of nitrogens with one attached hydrogen (secondary N) is 1. The van der Waals surface area contributed by atoms with Crippen molar-refractivity contribution < 1.29 is 4.74 Å². The highest BCUT2D eigenvalue weighted by Crippen LogP contribution is 2.54. The van der Waals surface area contributed by atoms with Gasteiger partial charge in [0.15, 0.2) is 0 Å². The summed E-state index contributed by atoms with van der Waals surface area (Å²) in [5, 5.41) is 3.38. The Balaban J connectivity index is 1.95. The molecule has 0 aromatic heterocycles. The quantitative estimate of drug-likeness (QED) is 0.548. The zero-order valence-corrected chi connectivity index (χ0v) is 8.75. The molecule has 0 aromatic rings. The summed E-state index contributed by atoms with van der Waals surface area (Å²) in [6.07, 6.45) is 5.94. The van der Waals surface area contributed by atoms with Crippen LogP contribution in [0.5, 0.6) is 0 Å². The SMILES string of the molecule is C=NC=C(C)OC1CNCCC12CC2. The zero-order chi connectivity index (χ0) is 10.0. The van der Waals surface area contributed by atoms with Gasteiger partial charge in [-0.25, -0.2) is 0 Å². The number of nitrogens with zero attached hydrogens (tertiary/aromatic N) is 1. The van der Waals surface area contributed by atoms with Crippen LogP contribution in [0.1, 0.15) is 26.2 Å². The molecule has 0 bridgehead atoms. The molecule has 1 saturated heterocycles. The molecule has 0 aromatic carbocycles. The summed E-state index contributed by atoms with van der Waals surface area (Å²) in [5.74, 6) is 0.875. The molecule has 2 rings (SSSR count).